The van der Waals surface area contributed by atoms with E-state index >= 15 is 0 Å². The highest BCUT2D eigenvalue weighted by Gasteiger charge is 2.08. The molecule has 0 unspecified atom stereocenters. The Balaban J connectivity index is 2.08. The van der Waals surface area contributed by atoms with E-state index in [2.05, 4.69) is 21.2 Å². The minimum Gasteiger partial charge on any atom is -0.478 e. The SMILES string of the molecule is O=C(O)c1ccc(NCc2cccc(Cl)c2)cc1Br. The van der Waals surface area contributed by atoms with Gasteiger partial charge in [-0.05, 0) is 51.8 Å². The number of nitrogens with one attached hydrogen (secondary N) is 1. The van der Waals surface area contributed by atoms with Gasteiger partial charge in [-0.25, -0.2) is 4.79 Å². The zero-order chi connectivity index (χ0) is 13.8. The van der Waals surface area contributed by atoms with Crippen molar-refractivity contribution in [2.24, 2.45) is 0 Å². The van der Waals surface area contributed by atoms with Crippen molar-refractivity contribution in [2.75, 3.05) is 5.32 Å². The van der Waals surface area contributed by atoms with E-state index in [9.17, 15) is 4.79 Å². The first-order chi connectivity index (χ1) is 9.06. The Kier molecular flexibility index (Phi) is 4.45. The van der Waals surface area contributed by atoms with Crippen LogP contribution in [0.5, 0.6) is 0 Å². The molecular weight excluding hydrogens is 330 g/mol. The van der Waals surface area contributed by atoms with Gasteiger partial charge < -0.3 is 10.4 Å². The van der Waals surface area contributed by atoms with Crippen LogP contribution in [0.4, 0.5) is 5.69 Å². The lowest BCUT2D eigenvalue weighted by Gasteiger charge is -2.08. The van der Waals surface area contributed by atoms with Crippen LogP contribution >= 0.6 is 27.5 Å². The normalized spacial score (nSPS) is 10.2. The van der Waals surface area contributed by atoms with Gasteiger partial charge in [-0.1, -0.05) is 23.7 Å². The van der Waals surface area contributed by atoms with Crippen molar-refractivity contribution in [3.8, 4) is 0 Å². The molecule has 0 aromatic heterocycles. The summed E-state index contributed by atoms with van der Waals surface area (Å²) in [5.41, 5.74) is 2.15. The molecule has 3 nitrogen and oxygen atoms in total. The van der Waals surface area contributed by atoms with Crippen molar-refractivity contribution in [1.29, 1.82) is 0 Å². The van der Waals surface area contributed by atoms with Crippen molar-refractivity contribution >= 4 is 39.2 Å². The highest BCUT2D eigenvalue weighted by molar-refractivity contribution is 9.10. The molecule has 0 atom stereocenters. The summed E-state index contributed by atoms with van der Waals surface area (Å²) in [6.07, 6.45) is 0. The topological polar surface area (TPSA) is 49.3 Å². The van der Waals surface area contributed by atoms with Crippen LogP contribution in [0.15, 0.2) is 46.9 Å². The van der Waals surface area contributed by atoms with Gasteiger partial charge in [0.2, 0.25) is 0 Å². The summed E-state index contributed by atoms with van der Waals surface area (Å²) in [5, 5.41) is 12.8. The third-order valence-electron chi connectivity index (χ3n) is 2.59. The maximum atomic E-state index is 10.9. The Morgan fingerprint density at radius 3 is 2.68 bits per heavy atom. The Hall–Kier alpha value is -1.52. The van der Waals surface area contributed by atoms with Crippen LogP contribution in [-0.2, 0) is 6.54 Å². The number of carboxylic acid groups (broad SMARTS) is 1. The lowest BCUT2D eigenvalue weighted by Crippen LogP contribution is -2.02. The maximum Gasteiger partial charge on any atom is 0.336 e. The van der Waals surface area contributed by atoms with Gasteiger partial charge in [0.15, 0.2) is 0 Å². The van der Waals surface area contributed by atoms with Crippen molar-refractivity contribution in [2.45, 2.75) is 6.54 Å². The molecule has 0 aliphatic rings. The summed E-state index contributed by atoms with van der Waals surface area (Å²) in [6, 6.07) is 12.6. The Bertz CT molecular complexity index is 616. The molecule has 0 saturated carbocycles. The van der Waals surface area contributed by atoms with Crippen molar-refractivity contribution in [3.05, 3.63) is 63.1 Å². The molecule has 2 rings (SSSR count). The molecule has 0 bridgehead atoms. The lowest BCUT2D eigenvalue weighted by molar-refractivity contribution is 0.0696. The third kappa shape index (κ3) is 3.72. The first kappa shape index (κ1) is 13.9. The summed E-state index contributed by atoms with van der Waals surface area (Å²) < 4.78 is 0.552. The molecule has 0 saturated heterocycles. The fourth-order valence-electron chi connectivity index (χ4n) is 1.65. The molecule has 0 aliphatic heterocycles. The zero-order valence-electron chi connectivity index (χ0n) is 9.86. The Morgan fingerprint density at radius 2 is 2.05 bits per heavy atom. The zero-order valence-corrected chi connectivity index (χ0v) is 12.2. The number of hydrogen-bond acceptors (Lipinski definition) is 2. The number of hydrogen-bond donors (Lipinski definition) is 2. The van der Waals surface area contributed by atoms with Crippen molar-refractivity contribution < 1.29 is 9.90 Å². The molecule has 0 fully saturated rings. The van der Waals surface area contributed by atoms with E-state index in [1.165, 1.54) is 0 Å². The van der Waals surface area contributed by atoms with Crippen LogP contribution in [0.25, 0.3) is 0 Å². The van der Waals surface area contributed by atoms with E-state index in [1.807, 2.05) is 24.3 Å². The minimum atomic E-state index is -0.951. The molecule has 2 N–H and O–H groups in total. The number of rotatable bonds is 4. The van der Waals surface area contributed by atoms with E-state index in [4.69, 9.17) is 16.7 Å². The summed E-state index contributed by atoms with van der Waals surface area (Å²) in [5.74, 6) is -0.951. The second-order valence-corrected chi connectivity index (χ2v) is 5.27. The summed E-state index contributed by atoms with van der Waals surface area (Å²) in [6.45, 7) is 0.624. The molecule has 98 valence electrons. The van der Waals surface area contributed by atoms with Gasteiger partial charge in [-0.3, -0.25) is 0 Å². The maximum absolute atomic E-state index is 10.9. The van der Waals surface area contributed by atoms with Crippen molar-refractivity contribution in [1.82, 2.24) is 0 Å². The second kappa shape index (κ2) is 6.08. The number of benzene rings is 2. The molecular formula is C14H11BrClNO2. The van der Waals surface area contributed by atoms with Gasteiger partial charge in [0.1, 0.15) is 0 Å². The van der Waals surface area contributed by atoms with Crippen LogP contribution in [0, 0.1) is 0 Å². The number of aromatic carboxylic acids is 1. The van der Waals surface area contributed by atoms with Crippen LogP contribution < -0.4 is 5.32 Å². The van der Waals surface area contributed by atoms with E-state index < -0.39 is 5.97 Å². The van der Waals surface area contributed by atoms with Crippen LogP contribution in [0.2, 0.25) is 5.02 Å². The molecule has 0 radical (unpaired) electrons. The van der Waals surface area contributed by atoms with Gasteiger partial charge in [-0.2, -0.15) is 0 Å². The monoisotopic (exact) mass is 339 g/mol. The van der Waals surface area contributed by atoms with Crippen LogP contribution in [0.1, 0.15) is 15.9 Å². The average molecular weight is 341 g/mol. The molecule has 0 amide bonds. The predicted octanol–water partition coefficient (Wildman–Crippen LogP) is 4.41. The number of carbonyl (C=O) groups is 1. The first-order valence-electron chi connectivity index (χ1n) is 5.57. The van der Waals surface area contributed by atoms with E-state index in [0.29, 0.717) is 16.0 Å². The lowest BCUT2D eigenvalue weighted by atomic mass is 10.2. The smallest absolute Gasteiger partial charge is 0.336 e. The second-order valence-electron chi connectivity index (χ2n) is 3.98. The van der Waals surface area contributed by atoms with Crippen LogP contribution in [-0.4, -0.2) is 11.1 Å². The highest BCUT2D eigenvalue weighted by atomic mass is 79.9. The standard InChI is InChI=1S/C14H11BrClNO2/c15-13-7-11(4-5-12(13)14(18)19)17-8-9-2-1-3-10(16)6-9/h1-7,17H,8H2,(H,18,19). The molecule has 19 heavy (non-hydrogen) atoms. The van der Waals surface area contributed by atoms with Gasteiger partial charge in [-0.15, -0.1) is 0 Å². The van der Waals surface area contributed by atoms with E-state index in [-0.39, 0.29) is 5.56 Å². The van der Waals surface area contributed by atoms with E-state index in [1.54, 1.807) is 18.2 Å². The largest absolute Gasteiger partial charge is 0.478 e. The molecule has 2 aromatic carbocycles. The fourth-order valence-corrected chi connectivity index (χ4v) is 2.41. The Morgan fingerprint density at radius 1 is 1.26 bits per heavy atom. The summed E-state index contributed by atoms with van der Waals surface area (Å²) in [4.78, 5) is 10.9. The predicted molar refractivity (Wildman–Crippen MR) is 79.9 cm³/mol. The average Bonchev–Trinajstić information content (AvgIpc) is 2.36. The van der Waals surface area contributed by atoms with Crippen LogP contribution in [0.3, 0.4) is 0 Å². The number of anilines is 1. The van der Waals surface area contributed by atoms with Gasteiger partial charge in [0, 0.05) is 21.7 Å². The number of halogens is 2. The quantitative estimate of drug-likeness (QED) is 0.866. The van der Waals surface area contributed by atoms with E-state index in [0.717, 1.165) is 11.3 Å². The van der Waals surface area contributed by atoms with Gasteiger partial charge in [0.25, 0.3) is 0 Å². The molecule has 5 heteroatoms. The summed E-state index contributed by atoms with van der Waals surface area (Å²) >= 11 is 9.15. The molecule has 0 spiro atoms. The minimum absolute atomic E-state index is 0.244. The molecule has 0 aliphatic carbocycles. The van der Waals surface area contributed by atoms with Crippen molar-refractivity contribution in [3.63, 3.8) is 0 Å². The van der Waals surface area contributed by atoms with Gasteiger partial charge in [0.05, 0.1) is 5.56 Å². The molecule has 2 aromatic rings. The van der Waals surface area contributed by atoms with Gasteiger partial charge >= 0.3 is 5.97 Å². The highest BCUT2D eigenvalue weighted by Crippen LogP contribution is 2.22. The first-order valence-corrected chi connectivity index (χ1v) is 6.74. The Labute approximate surface area is 124 Å². The fraction of sp³-hybridized carbons (Fsp3) is 0.0714. The summed E-state index contributed by atoms with van der Waals surface area (Å²) in [7, 11) is 0. The molecule has 0 heterocycles. The third-order valence-corrected chi connectivity index (χ3v) is 3.48. The number of carboxylic acids is 1.